The molecule has 11 aromatic carbocycles. The van der Waals surface area contributed by atoms with Crippen molar-refractivity contribution in [1.82, 2.24) is 0 Å². The second kappa shape index (κ2) is 15.6. The quantitative estimate of drug-likeness (QED) is 0.138. The molecule has 0 atom stereocenters. The van der Waals surface area contributed by atoms with Crippen LogP contribution < -0.4 is 4.90 Å². The second-order valence-electron chi connectivity index (χ2n) is 16.8. The first kappa shape index (κ1) is 37.5. The molecule has 0 bridgehead atoms. The van der Waals surface area contributed by atoms with Crippen LogP contribution in [0.3, 0.4) is 0 Å². The fourth-order valence-corrected chi connectivity index (χ4v) is 10.5. The molecule has 300 valence electrons. The lowest BCUT2D eigenvalue weighted by atomic mass is 9.67. The van der Waals surface area contributed by atoms with Gasteiger partial charge in [0.25, 0.3) is 0 Å². The summed E-state index contributed by atoms with van der Waals surface area (Å²) in [6.45, 7) is 0. The van der Waals surface area contributed by atoms with Crippen molar-refractivity contribution < 1.29 is 0 Å². The maximum Gasteiger partial charge on any atom is 0.0714 e. The molecular weight excluding hydrogens is 771 g/mol. The number of hydrogen-bond donors (Lipinski definition) is 0. The third-order valence-corrected chi connectivity index (χ3v) is 13.4. The predicted octanol–water partition coefficient (Wildman–Crippen LogP) is 16.8. The molecule has 0 spiro atoms. The molecule has 0 radical (unpaired) electrons. The summed E-state index contributed by atoms with van der Waals surface area (Å²) in [5, 5.41) is 4.91. The normalized spacial score (nSPS) is 12.5. The van der Waals surface area contributed by atoms with Gasteiger partial charge in [0.15, 0.2) is 0 Å². The van der Waals surface area contributed by atoms with Gasteiger partial charge in [0.2, 0.25) is 0 Å². The molecule has 0 fully saturated rings. The van der Waals surface area contributed by atoms with E-state index in [-0.39, 0.29) is 0 Å². The minimum atomic E-state index is -0.515. The van der Waals surface area contributed by atoms with Crippen LogP contribution in [0.25, 0.3) is 66.1 Å². The van der Waals surface area contributed by atoms with Crippen LogP contribution in [0.4, 0.5) is 17.1 Å². The van der Waals surface area contributed by atoms with Crippen molar-refractivity contribution in [1.29, 1.82) is 0 Å². The molecule has 1 aliphatic carbocycles. The molecule has 0 unspecified atom stereocenters. The third-order valence-electron chi connectivity index (χ3n) is 13.4. The highest BCUT2D eigenvalue weighted by Crippen LogP contribution is 2.57. The van der Waals surface area contributed by atoms with Crippen molar-refractivity contribution in [3.63, 3.8) is 0 Å². The van der Waals surface area contributed by atoms with Gasteiger partial charge in [-0.3, -0.25) is 0 Å². The Morgan fingerprint density at radius 2 is 0.719 bits per heavy atom. The monoisotopic (exact) mass is 813 g/mol. The SMILES string of the molecule is c1ccc(-c2ccccc2-c2ccc(-c3ccc(N(c4ccc5c(c4)C(c4ccccc4)(c4ccccc4)c4ccccc4-5)c4cc5ccccc5c5ccccc45)cc3)cc2)cc1. The number of benzene rings is 11. The van der Waals surface area contributed by atoms with E-state index in [1.54, 1.807) is 0 Å². The highest BCUT2D eigenvalue weighted by Gasteiger charge is 2.46. The van der Waals surface area contributed by atoms with Gasteiger partial charge in [-0.25, -0.2) is 0 Å². The zero-order valence-electron chi connectivity index (χ0n) is 35.3. The fraction of sp³-hybridized carbons (Fsp3) is 0.0159. The van der Waals surface area contributed by atoms with E-state index >= 15 is 0 Å². The van der Waals surface area contributed by atoms with Gasteiger partial charge >= 0.3 is 0 Å². The summed E-state index contributed by atoms with van der Waals surface area (Å²) < 4.78 is 0. The number of rotatable bonds is 8. The molecule has 1 aliphatic rings. The van der Waals surface area contributed by atoms with Gasteiger partial charge < -0.3 is 4.90 Å². The van der Waals surface area contributed by atoms with E-state index in [4.69, 9.17) is 0 Å². The van der Waals surface area contributed by atoms with E-state index in [9.17, 15) is 0 Å². The van der Waals surface area contributed by atoms with Crippen LogP contribution in [0.5, 0.6) is 0 Å². The van der Waals surface area contributed by atoms with E-state index < -0.39 is 5.41 Å². The zero-order valence-corrected chi connectivity index (χ0v) is 35.3. The van der Waals surface area contributed by atoms with E-state index in [0.29, 0.717) is 0 Å². The molecule has 1 nitrogen and oxygen atoms in total. The Bertz CT molecular complexity index is 3420. The minimum absolute atomic E-state index is 0.515. The Labute approximate surface area is 374 Å². The summed E-state index contributed by atoms with van der Waals surface area (Å²) in [6.07, 6.45) is 0. The maximum atomic E-state index is 2.48. The van der Waals surface area contributed by atoms with E-state index in [1.807, 2.05) is 0 Å². The van der Waals surface area contributed by atoms with Crippen LogP contribution in [0.1, 0.15) is 22.3 Å². The van der Waals surface area contributed by atoms with Gasteiger partial charge in [0, 0.05) is 16.8 Å². The topological polar surface area (TPSA) is 3.24 Å². The van der Waals surface area contributed by atoms with Crippen molar-refractivity contribution >= 4 is 38.6 Å². The highest BCUT2D eigenvalue weighted by atomic mass is 15.1. The largest absolute Gasteiger partial charge is 0.310 e. The van der Waals surface area contributed by atoms with Crippen molar-refractivity contribution in [2.75, 3.05) is 4.90 Å². The summed E-state index contributed by atoms with van der Waals surface area (Å²) in [4.78, 5) is 2.48. The maximum absolute atomic E-state index is 2.48. The zero-order chi connectivity index (χ0) is 42.5. The second-order valence-corrected chi connectivity index (χ2v) is 16.8. The third kappa shape index (κ3) is 6.08. The smallest absolute Gasteiger partial charge is 0.0714 e. The van der Waals surface area contributed by atoms with E-state index in [1.165, 1.54) is 88.3 Å². The lowest BCUT2D eigenvalue weighted by Crippen LogP contribution is -2.28. The Kier molecular flexibility index (Phi) is 9.13. The Hall–Kier alpha value is -8.26. The van der Waals surface area contributed by atoms with Crippen molar-refractivity contribution in [2.24, 2.45) is 0 Å². The minimum Gasteiger partial charge on any atom is -0.310 e. The van der Waals surface area contributed by atoms with Crippen molar-refractivity contribution in [2.45, 2.75) is 5.41 Å². The summed E-state index contributed by atoms with van der Waals surface area (Å²) in [7, 11) is 0. The summed E-state index contributed by atoms with van der Waals surface area (Å²) in [6, 6.07) is 95.8. The molecule has 12 rings (SSSR count). The average molecular weight is 814 g/mol. The molecule has 0 saturated carbocycles. The first-order valence-electron chi connectivity index (χ1n) is 22.2. The fourth-order valence-electron chi connectivity index (χ4n) is 10.5. The van der Waals surface area contributed by atoms with Crippen LogP contribution in [0.15, 0.2) is 261 Å². The number of nitrogens with zero attached hydrogens (tertiary/aromatic N) is 1. The first-order chi connectivity index (χ1) is 31.8. The van der Waals surface area contributed by atoms with Gasteiger partial charge in [0.05, 0.1) is 11.1 Å². The first-order valence-corrected chi connectivity index (χ1v) is 22.2. The molecule has 0 N–H and O–H groups in total. The Balaban J connectivity index is 1.03. The lowest BCUT2D eigenvalue weighted by Gasteiger charge is -2.35. The van der Waals surface area contributed by atoms with Crippen LogP contribution in [0.2, 0.25) is 0 Å². The predicted molar refractivity (Wildman–Crippen MR) is 270 cm³/mol. The molecule has 0 aromatic heterocycles. The standard InChI is InChI=1S/C63H43N/c1-4-18-46(19-5-1)53-25-12-13-26-54(53)47-34-32-44(33-35-47)45-36-38-51(39-37-45)64(62-42-48-20-10-11-27-55(48)56-28-14-15-30-59(56)62)52-40-41-58-57-29-16-17-31-60(57)63(61(58)43-52,49-21-6-2-7-22-49)50-23-8-3-9-24-50/h1-43H. The Morgan fingerprint density at radius 3 is 1.38 bits per heavy atom. The Morgan fingerprint density at radius 1 is 0.266 bits per heavy atom. The van der Waals surface area contributed by atoms with Crippen molar-refractivity contribution in [3.8, 4) is 44.5 Å². The molecular formula is C63H43N. The highest BCUT2D eigenvalue weighted by molar-refractivity contribution is 6.14. The summed E-state index contributed by atoms with van der Waals surface area (Å²) >= 11 is 0. The van der Waals surface area contributed by atoms with Crippen LogP contribution in [-0.4, -0.2) is 0 Å². The number of fused-ring (bicyclic) bond motifs is 6. The molecule has 1 heteroatoms. The van der Waals surface area contributed by atoms with E-state index in [2.05, 4.69) is 266 Å². The summed E-state index contributed by atoms with van der Waals surface area (Å²) in [5.74, 6) is 0. The molecule has 0 heterocycles. The van der Waals surface area contributed by atoms with Gasteiger partial charge in [-0.1, -0.05) is 231 Å². The average Bonchev–Trinajstić information content (AvgIpc) is 3.68. The molecule has 0 saturated heterocycles. The molecule has 11 aromatic rings. The van der Waals surface area contributed by atoms with E-state index in [0.717, 1.165) is 17.1 Å². The number of anilines is 3. The molecule has 0 aliphatic heterocycles. The van der Waals surface area contributed by atoms with Crippen LogP contribution >= 0.6 is 0 Å². The number of hydrogen-bond acceptors (Lipinski definition) is 1. The van der Waals surface area contributed by atoms with Gasteiger partial charge in [-0.05, 0) is 113 Å². The van der Waals surface area contributed by atoms with Gasteiger partial charge in [-0.2, -0.15) is 0 Å². The van der Waals surface area contributed by atoms with Gasteiger partial charge in [-0.15, -0.1) is 0 Å². The summed E-state index contributed by atoms with van der Waals surface area (Å²) in [5.41, 5.74) is 17.7. The van der Waals surface area contributed by atoms with Crippen LogP contribution in [0, 0.1) is 0 Å². The lowest BCUT2D eigenvalue weighted by molar-refractivity contribution is 0.768. The van der Waals surface area contributed by atoms with Crippen LogP contribution in [-0.2, 0) is 5.41 Å². The molecule has 0 amide bonds. The van der Waals surface area contributed by atoms with Gasteiger partial charge in [0.1, 0.15) is 0 Å². The van der Waals surface area contributed by atoms with Crippen molar-refractivity contribution in [3.05, 3.63) is 283 Å². The molecule has 64 heavy (non-hydrogen) atoms.